The molecule has 1 atom stereocenters. The molecule has 2 fully saturated rings. The van der Waals surface area contributed by atoms with Gasteiger partial charge in [-0.2, -0.15) is 0 Å². The first-order valence-corrected chi connectivity index (χ1v) is 10.4. The van der Waals surface area contributed by atoms with Crippen LogP contribution in [0.2, 0.25) is 0 Å². The first kappa shape index (κ1) is 21.0. The van der Waals surface area contributed by atoms with Crippen LogP contribution in [0, 0.1) is 5.82 Å². The summed E-state index contributed by atoms with van der Waals surface area (Å²) in [5.74, 6) is -0.135. The molecule has 0 spiro atoms. The van der Waals surface area contributed by atoms with Gasteiger partial charge in [0.1, 0.15) is 12.7 Å². The van der Waals surface area contributed by atoms with E-state index >= 15 is 0 Å². The van der Waals surface area contributed by atoms with Crippen molar-refractivity contribution in [2.45, 2.75) is 44.2 Å². The largest absolute Gasteiger partial charge is 0.488 e. The molecule has 1 aliphatic heterocycles. The molecule has 7 heteroatoms. The van der Waals surface area contributed by atoms with E-state index in [0.29, 0.717) is 19.1 Å². The summed E-state index contributed by atoms with van der Waals surface area (Å²) in [7, 11) is 0. The van der Waals surface area contributed by atoms with E-state index in [0.717, 1.165) is 39.0 Å². The summed E-state index contributed by atoms with van der Waals surface area (Å²) < 4.78 is 18.9. The first-order valence-electron chi connectivity index (χ1n) is 10.4. The van der Waals surface area contributed by atoms with Crippen molar-refractivity contribution in [1.29, 1.82) is 0 Å². The molecule has 1 aromatic carbocycles. The number of nitrogens with zero attached hydrogens (tertiary/aromatic N) is 2. The van der Waals surface area contributed by atoms with Crippen LogP contribution >= 0.6 is 0 Å². The monoisotopic (exact) mass is 393 g/mol. The maximum Gasteiger partial charge on any atom is 0.234 e. The minimum absolute atomic E-state index is 0.0605. The van der Waals surface area contributed by atoms with Crippen LogP contribution < -0.4 is 10.1 Å². The highest BCUT2D eigenvalue weighted by atomic mass is 19.1. The van der Waals surface area contributed by atoms with Crippen LogP contribution in [0.5, 0.6) is 5.75 Å². The second-order valence-electron chi connectivity index (χ2n) is 7.87. The van der Waals surface area contributed by atoms with Crippen LogP contribution in [-0.4, -0.2) is 78.8 Å². The number of ether oxygens (including phenoxy) is 1. The number of aliphatic hydroxyl groups excluding tert-OH is 1. The van der Waals surface area contributed by atoms with Crippen molar-refractivity contribution in [3.63, 3.8) is 0 Å². The number of halogens is 1. The molecule has 0 radical (unpaired) electrons. The molecule has 2 N–H and O–H groups in total. The van der Waals surface area contributed by atoms with Gasteiger partial charge in [0.05, 0.1) is 6.54 Å². The Morgan fingerprint density at radius 1 is 1.14 bits per heavy atom. The Balaban J connectivity index is 1.31. The quantitative estimate of drug-likeness (QED) is 0.703. The Hall–Kier alpha value is -1.70. The summed E-state index contributed by atoms with van der Waals surface area (Å²) in [6, 6.07) is 6.55. The van der Waals surface area contributed by atoms with Crippen LogP contribution in [0.3, 0.4) is 0 Å². The minimum Gasteiger partial charge on any atom is -0.488 e. The molecule has 6 nitrogen and oxygen atoms in total. The number of β-amino-alcohol motifs (C(OH)–C–C–N with tert-alkyl or cyclic N) is 1. The van der Waals surface area contributed by atoms with Gasteiger partial charge in [0.2, 0.25) is 5.91 Å². The van der Waals surface area contributed by atoms with Crippen molar-refractivity contribution >= 4 is 5.91 Å². The van der Waals surface area contributed by atoms with Gasteiger partial charge in [-0.1, -0.05) is 31.4 Å². The van der Waals surface area contributed by atoms with Gasteiger partial charge in [0.15, 0.2) is 11.6 Å². The lowest BCUT2D eigenvalue weighted by molar-refractivity contribution is -0.123. The van der Waals surface area contributed by atoms with E-state index in [-0.39, 0.29) is 18.3 Å². The molecule has 1 aliphatic carbocycles. The Labute approximate surface area is 166 Å². The van der Waals surface area contributed by atoms with E-state index in [1.807, 2.05) is 0 Å². The summed E-state index contributed by atoms with van der Waals surface area (Å²) in [5, 5.41) is 13.3. The van der Waals surface area contributed by atoms with E-state index in [2.05, 4.69) is 15.1 Å². The van der Waals surface area contributed by atoms with Gasteiger partial charge in [-0.05, 0) is 25.0 Å². The Kier molecular flexibility index (Phi) is 8.06. The van der Waals surface area contributed by atoms with E-state index < -0.39 is 11.9 Å². The zero-order chi connectivity index (χ0) is 19.8. The van der Waals surface area contributed by atoms with Crippen LogP contribution in [0.25, 0.3) is 0 Å². The van der Waals surface area contributed by atoms with Gasteiger partial charge in [-0.3, -0.25) is 14.6 Å². The van der Waals surface area contributed by atoms with E-state index in [4.69, 9.17) is 4.74 Å². The lowest BCUT2D eigenvalue weighted by Crippen LogP contribution is -2.52. The van der Waals surface area contributed by atoms with Crippen LogP contribution in [-0.2, 0) is 4.79 Å². The summed E-state index contributed by atoms with van der Waals surface area (Å²) >= 11 is 0. The summed E-state index contributed by atoms with van der Waals surface area (Å²) in [6.45, 7) is 4.20. The molecule has 156 valence electrons. The zero-order valence-electron chi connectivity index (χ0n) is 16.5. The van der Waals surface area contributed by atoms with E-state index in [1.165, 1.54) is 25.3 Å². The molecule has 0 aromatic heterocycles. The molecule has 2 aliphatic rings. The fourth-order valence-corrected chi connectivity index (χ4v) is 3.95. The Morgan fingerprint density at radius 3 is 2.54 bits per heavy atom. The van der Waals surface area contributed by atoms with Gasteiger partial charge in [-0.25, -0.2) is 4.39 Å². The molecule has 1 aromatic rings. The minimum atomic E-state index is -0.680. The highest BCUT2D eigenvalue weighted by Crippen LogP contribution is 2.17. The predicted molar refractivity (Wildman–Crippen MR) is 106 cm³/mol. The number of amides is 1. The van der Waals surface area contributed by atoms with Crippen molar-refractivity contribution in [1.82, 2.24) is 15.1 Å². The fraction of sp³-hybridized carbons (Fsp3) is 0.667. The average molecular weight is 394 g/mol. The molecule has 0 bridgehead atoms. The van der Waals surface area contributed by atoms with Gasteiger partial charge in [0.25, 0.3) is 0 Å². The maximum absolute atomic E-state index is 13.5. The molecule has 1 unspecified atom stereocenters. The summed E-state index contributed by atoms with van der Waals surface area (Å²) in [6.07, 6.45) is 5.24. The second kappa shape index (κ2) is 10.7. The smallest absolute Gasteiger partial charge is 0.234 e. The number of aliphatic hydroxyl groups is 1. The van der Waals surface area contributed by atoms with Gasteiger partial charge >= 0.3 is 0 Å². The number of hydrogen-bond acceptors (Lipinski definition) is 5. The third-order valence-electron chi connectivity index (χ3n) is 5.54. The summed E-state index contributed by atoms with van der Waals surface area (Å²) in [5.41, 5.74) is 0. The number of para-hydroxylation sites is 1. The first-order chi connectivity index (χ1) is 13.6. The maximum atomic E-state index is 13.5. The SMILES string of the molecule is O=C(CN1CCN(CC(O)COc2ccccc2F)CC1)NC1CCCCC1. The third kappa shape index (κ3) is 6.72. The van der Waals surface area contributed by atoms with Gasteiger partial charge in [0, 0.05) is 38.8 Å². The number of rotatable bonds is 8. The van der Waals surface area contributed by atoms with Crippen LogP contribution in [0.4, 0.5) is 4.39 Å². The van der Waals surface area contributed by atoms with E-state index in [1.54, 1.807) is 18.2 Å². The molecular weight excluding hydrogens is 361 g/mol. The standard InChI is InChI=1S/C21H32FN3O3/c22-19-8-4-5-9-20(19)28-16-18(26)14-24-10-12-25(13-11-24)15-21(27)23-17-6-2-1-3-7-17/h4-5,8-9,17-18,26H,1-3,6-7,10-16H2,(H,23,27). The van der Waals surface area contributed by atoms with Crippen LogP contribution in [0.1, 0.15) is 32.1 Å². The average Bonchev–Trinajstić information content (AvgIpc) is 2.69. The van der Waals surface area contributed by atoms with Gasteiger partial charge in [-0.15, -0.1) is 0 Å². The molecule has 1 saturated heterocycles. The lowest BCUT2D eigenvalue weighted by Gasteiger charge is -2.35. The number of carbonyl (C=O) groups is 1. The number of piperazine rings is 1. The molecule has 1 saturated carbocycles. The van der Waals surface area contributed by atoms with Crippen molar-refractivity contribution < 1.29 is 19.0 Å². The highest BCUT2D eigenvalue weighted by molar-refractivity contribution is 5.78. The van der Waals surface area contributed by atoms with Crippen LogP contribution in [0.15, 0.2) is 24.3 Å². The molecule has 1 heterocycles. The van der Waals surface area contributed by atoms with Crippen molar-refractivity contribution in [3.8, 4) is 5.75 Å². The van der Waals surface area contributed by atoms with Crippen molar-refractivity contribution in [3.05, 3.63) is 30.1 Å². The molecule has 3 rings (SSSR count). The predicted octanol–water partition coefficient (Wildman–Crippen LogP) is 1.63. The summed E-state index contributed by atoms with van der Waals surface area (Å²) in [4.78, 5) is 16.6. The Bertz CT molecular complexity index is 617. The topological polar surface area (TPSA) is 65.0 Å². The Morgan fingerprint density at radius 2 is 1.82 bits per heavy atom. The fourth-order valence-electron chi connectivity index (χ4n) is 3.95. The number of benzene rings is 1. The number of hydrogen-bond donors (Lipinski definition) is 2. The second-order valence-corrected chi connectivity index (χ2v) is 7.87. The normalized spacial score (nSPS) is 20.6. The zero-order valence-corrected chi connectivity index (χ0v) is 16.5. The highest BCUT2D eigenvalue weighted by Gasteiger charge is 2.22. The number of carbonyl (C=O) groups excluding carboxylic acids is 1. The lowest BCUT2D eigenvalue weighted by atomic mass is 9.95. The van der Waals surface area contributed by atoms with Gasteiger partial charge < -0.3 is 15.2 Å². The van der Waals surface area contributed by atoms with Crippen molar-refractivity contribution in [2.75, 3.05) is 45.9 Å². The van der Waals surface area contributed by atoms with Crippen molar-refractivity contribution in [2.24, 2.45) is 0 Å². The third-order valence-corrected chi connectivity index (χ3v) is 5.54. The molecular formula is C21H32FN3O3. The molecule has 1 amide bonds. The molecule has 28 heavy (non-hydrogen) atoms. The number of nitrogens with one attached hydrogen (secondary N) is 1. The van der Waals surface area contributed by atoms with E-state index in [9.17, 15) is 14.3 Å².